The number of rotatable bonds is 3. The average Bonchev–Trinajstić information content (AvgIpc) is 3.41. The molecule has 1 aliphatic rings. The van der Waals surface area contributed by atoms with Crippen LogP contribution in [-0.4, -0.2) is 26.1 Å². The molecular weight excluding hydrogens is 394 g/mol. The molecule has 2 N–H and O–H groups in total. The molecule has 1 saturated heterocycles. The van der Waals surface area contributed by atoms with Crippen molar-refractivity contribution in [1.29, 1.82) is 0 Å². The van der Waals surface area contributed by atoms with Gasteiger partial charge in [-0.05, 0) is 44.0 Å². The number of anilines is 2. The molecule has 9 heteroatoms. The molecule has 0 radical (unpaired) electrons. The number of nitrogens with zero attached hydrogens (tertiary/aromatic N) is 5. The molecule has 1 fully saturated rings. The Hall–Kier alpha value is -3.07. The van der Waals surface area contributed by atoms with Gasteiger partial charge in [0.2, 0.25) is 0 Å². The minimum Gasteiger partial charge on any atom is -0.382 e. The van der Waals surface area contributed by atoms with Gasteiger partial charge in [-0.1, -0.05) is 0 Å². The van der Waals surface area contributed by atoms with Crippen LogP contribution in [0.25, 0.3) is 16.2 Å². The Morgan fingerprint density at radius 1 is 1.21 bits per heavy atom. The summed E-state index contributed by atoms with van der Waals surface area (Å²) in [5, 5.41) is 7.05. The normalized spacial score (nSPS) is 16.8. The fourth-order valence-electron chi connectivity index (χ4n) is 3.90. The van der Waals surface area contributed by atoms with Crippen molar-refractivity contribution in [2.75, 3.05) is 17.2 Å². The molecule has 0 bridgehead atoms. The van der Waals surface area contributed by atoms with Gasteiger partial charge in [0, 0.05) is 29.4 Å². The predicted octanol–water partition coefficient (Wildman–Crippen LogP) is 4.36. The number of benzene rings is 1. The maximum absolute atomic E-state index is 14.4. The molecule has 148 valence electrons. The van der Waals surface area contributed by atoms with E-state index in [9.17, 15) is 8.78 Å². The number of nitrogen functional groups attached to an aromatic ring is 1. The van der Waals surface area contributed by atoms with Crippen LogP contribution in [0.4, 0.5) is 20.4 Å². The van der Waals surface area contributed by atoms with Gasteiger partial charge in [-0.2, -0.15) is 0 Å². The summed E-state index contributed by atoms with van der Waals surface area (Å²) in [7, 11) is 0. The topological polar surface area (TPSA) is 72.3 Å². The molecule has 29 heavy (non-hydrogen) atoms. The minimum atomic E-state index is -0.443. The first-order chi connectivity index (χ1) is 14.0. The third kappa shape index (κ3) is 3.02. The number of hydrogen-bond acceptors (Lipinski definition) is 6. The lowest BCUT2D eigenvalue weighted by atomic mass is 10.0. The van der Waals surface area contributed by atoms with E-state index >= 15 is 0 Å². The van der Waals surface area contributed by atoms with Crippen molar-refractivity contribution in [3.63, 3.8) is 0 Å². The SMILES string of the molecule is Cc1csc(-c2c(N)nn3ccc(N4CCCC4c4cc(F)ccc4F)nc23)n1. The summed E-state index contributed by atoms with van der Waals surface area (Å²) in [4.78, 5) is 11.3. The first kappa shape index (κ1) is 18.0. The number of nitrogens with two attached hydrogens (primary N) is 1. The number of fused-ring (bicyclic) bond motifs is 1. The van der Waals surface area contributed by atoms with E-state index in [0.29, 0.717) is 35.0 Å². The summed E-state index contributed by atoms with van der Waals surface area (Å²) in [6.07, 6.45) is 3.38. The molecule has 4 heterocycles. The van der Waals surface area contributed by atoms with Gasteiger partial charge in [0.05, 0.1) is 11.6 Å². The Morgan fingerprint density at radius 2 is 2.07 bits per heavy atom. The Morgan fingerprint density at radius 3 is 2.86 bits per heavy atom. The van der Waals surface area contributed by atoms with Crippen LogP contribution < -0.4 is 10.6 Å². The predicted molar refractivity (Wildman–Crippen MR) is 109 cm³/mol. The van der Waals surface area contributed by atoms with Gasteiger partial charge in [0.15, 0.2) is 11.5 Å². The number of aromatic nitrogens is 4. The van der Waals surface area contributed by atoms with Gasteiger partial charge in [-0.25, -0.2) is 23.3 Å². The molecule has 5 rings (SSSR count). The second kappa shape index (κ2) is 6.77. The highest BCUT2D eigenvalue weighted by Crippen LogP contribution is 2.38. The van der Waals surface area contributed by atoms with Crippen molar-refractivity contribution in [2.45, 2.75) is 25.8 Å². The van der Waals surface area contributed by atoms with Crippen molar-refractivity contribution in [1.82, 2.24) is 19.6 Å². The van der Waals surface area contributed by atoms with E-state index in [4.69, 9.17) is 10.7 Å². The van der Waals surface area contributed by atoms with E-state index in [1.807, 2.05) is 23.3 Å². The molecule has 0 amide bonds. The molecule has 4 aromatic rings. The first-order valence-electron chi connectivity index (χ1n) is 9.30. The maximum Gasteiger partial charge on any atom is 0.169 e. The van der Waals surface area contributed by atoms with E-state index in [1.54, 1.807) is 10.7 Å². The van der Waals surface area contributed by atoms with Crippen LogP contribution in [0, 0.1) is 18.6 Å². The van der Waals surface area contributed by atoms with Crippen LogP contribution in [-0.2, 0) is 0 Å². The van der Waals surface area contributed by atoms with Gasteiger partial charge >= 0.3 is 0 Å². The zero-order valence-electron chi connectivity index (χ0n) is 15.6. The Kier molecular flexibility index (Phi) is 4.20. The van der Waals surface area contributed by atoms with E-state index in [2.05, 4.69) is 10.1 Å². The largest absolute Gasteiger partial charge is 0.382 e. The van der Waals surface area contributed by atoms with Crippen molar-refractivity contribution >= 4 is 28.6 Å². The molecule has 0 saturated carbocycles. The second-order valence-corrected chi connectivity index (χ2v) is 7.98. The van der Waals surface area contributed by atoms with Crippen molar-refractivity contribution < 1.29 is 8.78 Å². The van der Waals surface area contributed by atoms with E-state index in [-0.39, 0.29) is 6.04 Å². The molecular formula is C20H18F2N6S. The summed E-state index contributed by atoms with van der Waals surface area (Å²) in [6, 6.07) is 5.15. The monoisotopic (exact) mass is 412 g/mol. The van der Waals surface area contributed by atoms with Crippen LogP contribution >= 0.6 is 11.3 Å². The smallest absolute Gasteiger partial charge is 0.169 e. The van der Waals surface area contributed by atoms with Crippen LogP contribution in [0.2, 0.25) is 0 Å². The summed E-state index contributed by atoms with van der Waals surface area (Å²) in [5.41, 5.74) is 8.69. The quantitative estimate of drug-likeness (QED) is 0.541. The summed E-state index contributed by atoms with van der Waals surface area (Å²) >= 11 is 1.49. The Labute approximate surface area is 169 Å². The molecule has 3 aromatic heterocycles. The lowest BCUT2D eigenvalue weighted by Crippen LogP contribution is -2.24. The zero-order valence-corrected chi connectivity index (χ0v) is 16.5. The van der Waals surface area contributed by atoms with Crippen LogP contribution in [0.3, 0.4) is 0 Å². The molecule has 1 unspecified atom stereocenters. The van der Waals surface area contributed by atoms with Gasteiger partial charge in [0.1, 0.15) is 22.5 Å². The van der Waals surface area contributed by atoms with Crippen LogP contribution in [0.1, 0.15) is 30.1 Å². The van der Waals surface area contributed by atoms with Crippen LogP contribution in [0.15, 0.2) is 35.8 Å². The Bertz CT molecular complexity index is 1220. The molecule has 6 nitrogen and oxygen atoms in total. The molecule has 1 aromatic carbocycles. The molecule has 0 spiro atoms. The highest BCUT2D eigenvalue weighted by atomic mass is 32.1. The van der Waals surface area contributed by atoms with Crippen molar-refractivity contribution in [3.05, 3.63) is 58.7 Å². The van der Waals surface area contributed by atoms with Gasteiger partial charge in [0.25, 0.3) is 0 Å². The summed E-state index contributed by atoms with van der Waals surface area (Å²) < 4.78 is 29.8. The molecule has 1 aliphatic heterocycles. The highest BCUT2D eigenvalue weighted by Gasteiger charge is 2.30. The Balaban J connectivity index is 1.60. The number of aryl methyl sites for hydroxylation is 1. The third-order valence-electron chi connectivity index (χ3n) is 5.19. The van der Waals surface area contributed by atoms with E-state index in [1.165, 1.54) is 23.5 Å². The number of hydrogen-bond donors (Lipinski definition) is 1. The van der Waals surface area contributed by atoms with Crippen molar-refractivity contribution in [2.24, 2.45) is 0 Å². The lowest BCUT2D eigenvalue weighted by Gasteiger charge is -2.26. The van der Waals surface area contributed by atoms with Gasteiger partial charge in [-0.3, -0.25) is 0 Å². The molecule has 0 aliphatic carbocycles. The van der Waals surface area contributed by atoms with E-state index in [0.717, 1.165) is 29.6 Å². The van der Waals surface area contributed by atoms with Gasteiger partial charge in [-0.15, -0.1) is 16.4 Å². The minimum absolute atomic E-state index is 0.272. The summed E-state index contributed by atoms with van der Waals surface area (Å²) in [5.74, 6) is 0.190. The second-order valence-electron chi connectivity index (χ2n) is 7.13. The fraction of sp³-hybridized carbons (Fsp3) is 0.250. The lowest BCUT2D eigenvalue weighted by molar-refractivity contribution is 0.560. The van der Waals surface area contributed by atoms with Gasteiger partial charge < -0.3 is 10.6 Å². The summed E-state index contributed by atoms with van der Waals surface area (Å²) in [6.45, 7) is 2.63. The fourth-order valence-corrected chi connectivity index (χ4v) is 4.75. The van der Waals surface area contributed by atoms with Crippen molar-refractivity contribution in [3.8, 4) is 10.6 Å². The first-order valence-corrected chi connectivity index (χ1v) is 10.2. The maximum atomic E-state index is 14.4. The van der Waals surface area contributed by atoms with E-state index < -0.39 is 11.6 Å². The standard InChI is InChI=1S/C20H18F2N6S/c1-11-10-29-20(24-11)17-18(23)26-28-8-6-16(25-19(17)28)27-7-2-3-15(27)13-9-12(21)4-5-14(13)22/h4-6,8-10,15H,2-3,7H2,1H3,(H2,23,26). The third-order valence-corrected chi connectivity index (χ3v) is 6.17. The zero-order chi connectivity index (χ0) is 20.1. The molecule has 1 atom stereocenters. The number of thiazole rings is 1. The number of halogens is 2. The average molecular weight is 412 g/mol. The highest BCUT2D eigenvalue weighted by molar-refractivity contribution is 7.13. The van der Waals surface area contributed by atoms with Crippen LogP contribution in [0.5, 0.6) is 0 Å².